The number of hydrogen-bond acceptors (Lipinski definition) is 4. The predicted molar refractivity (Wildman–Crippen MR) is 67.3 cm³/mol. The first kappa shape index (κ1) is 11.0. The molecule has 0 aliphatic rings. The van der Waals surface area contributed by atoms with Crippen LogP contribution in [0.3, 0.4) is 0 Å². The summed E-state index contributed by atoms with van der Waals surface area (Å²) in [6.07, 6.45) is 5.21. The van der Waals surface area contributed by atoms with Gasteiger partial charge in [-0.1, -0.05) is 0 Å². The van der Waals surface area contributed by atoms with Crippen LogP contribution >= 0.6 is 15.9 Å². The average molecular weight is 279 g/mol. The molecule has 0 N–H and O–H groups in total. The quantitative estimate of drug-likeness (QED) is 0.846. The van der Waals surface area contributed by atoms with Crippen molar-refractivity contribution >= 4 is 21.7 Å². The molecule has 16 heavy (non-hydrogen) atoms. The maximum atomic E-state index is 4.53. The molecule has 0 unspecified atom stereocenters. The van der Waals surface area contributed by atoms with Gasteiger partial charge in [0.15, 0.2) is 0 Å². The second-order valence-corrected chi connectivity index (χ2v) is 4.25. The number of anilines is 1. The van der Waals surface area contributed by atoms with Gasteiger partial charge >= 0.3 is 0 Å². The Kier molecular flexibility index (Phi) is 3.14. The Balaban J connectivity index is 2.52. The highest BCUT2D eigenvalue weighted by atomic mass is 79.9. The van der Waals surface area contributed by atoms with Crippen molar-refractivity contribution in [3.8, 4) is 11.3 Å². The molecule has 0 bridgehead atoms. The Hall–Kier alpha value is -1.49. The summed E-state index contributed by atoms with van der Waals surface area (Å²) in [4.78, 5) is 14.7. The van der Waals surface area contributed by atoms with Crippen LogP contribution in [0, 0.1) is 0 Å². The maximum absolute atomic E-state index is 4.53. The van der Waals surface area contributed by atoms with Crippen molar-refractivity contribution in [2.24, 2.45) is 0 Å². The zero-order chi connectivity index (χ0) is 11.5. The summed E-state index contributed by atoms with van der Waals surface area (Å²) in [7, 11) is 3.88. The Morgan fingerprint density at radius 2 is 1.88 bits per heavy atom. The summed E-state index contributed by atoms with van der Waals surface area (Å²) in [6.45, 7) is 0. The third kappa shape index (κ3) is 2.19. The van der Waals surface area contributed by atoms with E-state index in [-0.39, 0.29) is 0 Å². The fourth-order valence-corrected chi connectivity index (χ4v) is 1.69. The number of nitrogens with zero attached hydrogens (tertiary/aromatic N) is 4. The van der Waals surface area contributed by atoms with Crippen LogP contribution in [0.5, 0.6) is 0 Å². The highest BCUT2D eigenvalue weighted by Gasteiger charge is 2.08. The van der Waals surface area contributed by atoms with Crippen LogP contribution in [0.1, 0.15) is 0 Å². The van der Waals surface area contributed by atoms with Gasteiger partial charge in [-0.15, -0.1) is 0 Å². The van der Waals surface area contributed by atoms with E-state index in [2.05, 4.69) is 30.9 Å². The predicted octanol–water partition coefficient (Wildman–Crippen LogP) is 2.37. The van der Waals surface area contributed by atoms with Gasteiger partial charge in [-0.05, 0) is 28.1 Å². The molecule has 5 heteroatoms. The SMILES string of the molecule is CN(C)c1cnc(Br)c(-c2ccncc2)n1. The molecule has 0 saturated carbocycles. The molecular formula is C11H11BrN4. The second kappa shape index (κ2) is 4.57. The average Bonchev–Trinajstić information content (AvgIpc) is 2.30. The Labute approximate surface area is 103 Å². The molecule has 4 nitrogen and oxygen atoms in total. The number of hydrogen-bond donors (Lipinski definition) is 0. The van der Waals surface area contributed by atoms with Crippen molar-refractivity contribution in [1.82, 2.24) is 15.0 Å². The minimum absolute atomic E-state index is 0.740. The Bertz CT molecular complexity index is 485. The fourth-order valence-electron chi connectivity index (χ4n) is 1.27. The summed E-state index contributed by atoms with van der Waals surface area (Å²) in [5, 5.41) is 0. The van der Waals surface area contributed by atoms with E-state index < -0.39 is 0 Å². The molecule has 82 valence electrons. The Morgan fingerprint density at radius 3 is 2.50 bits per heavy atom. The third-order valence-electron chi connectivity index (χ3n) is 2.13. The van der Waals surface area contributed by atoms with Crippen LogP contribution in [-0.4, -0.2) is 29.0 Å². The van der Waals surface area contributed by atoms with Crippen molar-refractivity contribution in [3.05, 3.63) is 35.3 Å². The van der Waals surface area contributed by atoms with Crippen LogP contribution in [-0.2, 0) is 0 Å². The van der Waals surface area contributed by atoms with E-state index in [4.69, 9.17) is 0 Å². The van der Waals surface area contributed by atoms with Gasteiger partial charge in [-0.2, -0.15) is 0 Å². The van der Waals surface area contributed by atoms with Gasteiger partial charge in [-0.3, -0.25) is 4.98 Å². The number of pyridine rings is 1. The van der Waals surface area contributed by atoms with E-state index in [0.29, 0.717) is 0 Å². The topological polar surface area (TPSA) is 41.9 Å². The van der Waals surface area contributed by atoms with E-state index >= 15 is 0 Å². The number of aromatic nitrogens is 3. The summed E-state index contributed by atoms with van der Waals surface area (Å²) in [6, 6.07) is 3.82. The maximum Gasteiger partial charge on any atom is 0.147 e. The molecule has 2 rings (SSSR count). The van der Waals surface area contributed by atoms with Crippen LogP contribution < -0.4 is 4.90 Å². The van der Waals surface area contributed by atoms with Crippen molar-refractivity contribution in [3.63, 3.8) is 0 Å². The molecule has 0 amide bonds. The first-order chi connectivity index (χ1) is 7.68. The van der Waals surface area contributed by atoms with Gasteiger partial charge in [-0.25, -0.2) is 9.97 Å². The van der Waals surface area contributed by atoms with Crippen molar-refractivity contribution in [1.29, 1.82) is 0 Å². The van der Waals surface area contributed by atoms with Crippen molar-refractivity contribution in [2.45, 2.75) is 0 Å². The first-order valence-corrected chi connectivity index (χ1v) is 5.58. The minimum atomic E-state index is 0.740. The zero-order valence-corrected chi connectivity index (χ0v) is 10.6. The van der Waals surface area contributed by atoms with Crippen molar-refractivity contribution < 1.29 is 0 Å². The molecule has 0 radical (unpaired) electrons. The highest BCUT2D eigenvalue weighted by Crippen LogP contribution is 2.25. The molecule has 0 aliphatic carbocycles. The summed E-state index contributed by atoms with van der Waals surface area (Å²) in [5.41, 5.74) is 1.83. The minimum Gasteiger partial charge on any atom is -0.361 e. The molecule has 0 saturated heterocycles. The summed E-state index contributed by atoms with van der Waals surface area (Å²) < 4.78 is 0.740. The van der Waals surface area contributed by atoms with E-state index in [9.17, 15) is 0 Å². The van der Waals surface area contributed by atoms with Crippen LogP contribution in [0.15, 0.2) is 35.3 Å². The smallest absolute Gasteiger partial charge is 0.147 e. The van der Waals surface area contributed by atoms with Gasteiger partial charge in [0.25, 0.3) is 0 Å². The Morgan fingerprint density at radius 1 is 1.19 bits per heavy atom. The monoisotopic (exact) mass is 278 g/mol. The number of halogens is 1. The molecule has 0 aromatic carbocycles. The first-order valence-electron chi connectivity index (χ1n) is 4.79. The molecular weight excluding hydrogens is 268 g/mol. The van der Waals surface area contributed by atoms with Crippen molar-refractivity contribution in [2.75, 3.05) is 19.0 Å². The normalized spacial score (nSPS) is 10.2. The van der Waals surface area contributed by atoms with Gasteiger partial charge in [0.05, 0.1) is 6.20 Å². The van der Waals surface area contributed by atoms with Gasteiger partial charge in [0.1, 0.15) is 16.1 Å². The lowest BCUT2D eigenvalue weighted by atomic mass is 10.2. The lowest BCUT2D eigenvalue weighted by molar-refractivity contribution is 1.03. The zero-order valence-electron chi connectivity index (χ0n) is 9.05. The molecule has 2 aromatic heterocycles. The van der Waals surface area contributed by atoms with E-state index in [0.717, 1.165) is 21.7 Å². The number of rotatable bonds is 2. The standard InChI is InChI=1S/C11H11BrN4/c1-16(2)9-7-14-11(12)10(15-9)8-3-5-13-6-4-8/h3-7H,1-2H3. The van der Waals surface area contributed by atoms with E-state index in [1.165, 1.54) is 0 Å². The fraction of sp³-hybridized carbons (Fsp3) is 0.182. The highest BCUT2D eigenvalue weighted by molar-refractivity contribution is 9.10. The summed E-state index contributed by atoms with van der Waals surface area (Å²) in [5.74, 6) is 0.829. The molecule has 0 spiro atoms. The van der Waals surface area contributed by atoms with E-state index in [1.54, 1.807) is 18.6 Å². The molecule has 0 aliphatic heterocycles. The molecule has 2 aromatic rings. The summed E-state index contributed by atoms with van der Waals surface area (Å²) >= 11 is 3.40. The lowest BCUT2D eigenvalue weighted by Gasteiger charge is -2.12. The van der Waals surface area contributed by atoms with Gasteiger partial charge in [0, 0.05) is 32.1 Å². The lowest BCUT2D eigenvalue weighted by Crippen LogP contribution is -2.11. The van der Waals surface area contributed by atoms with Gasteiger partial charge in [0.2, 0.25) is 0 Å². The van der Waals surface area contributed by atoms with Gasteiger partial charge < -0.3 is 4.90 Å². The molecule has 0 atom stereocenters. The third-order valence-corrected chi connectivity index (χ3v) is 2.71. The van der Waals surface area contributed by atoms with Crippen LogP contribution in [0.4, 0.5) is 5.82 Å². The molecule has 0 fully saturated rings. The molecule has 2 heterocycles. The largest absolute Gasteiger partial charge is 0.361 e. The van der Waals surface area contributed by atoms with E-state index in [1.807, 2.05) is 31.1 Å². The second-order valence-electron chi connectivity index (χ2n) is 3.50. The van der Waals surface area contributed by atoms with Crippen LogP contribution in [0.25, 0.3) is 11.3 Å². The van der Waals surface area contributed by atoms with Crippen LogP contribution in [0.2, 0.25) is 0 Å².